The second-order valence-corrected chi connectivity index (χ2v) is 5.37. The van der Waals surface area contributed by atoms with Gasteiger partial charge in [-0.2, -0.15) is 0 Å². The van der Waals surface area contributed by atoms with E-state index in [2.05, 4.69) is 9.97 Å². The number of aryl methyl sites for hydroxylation is 1. The smallest absolute Gasteiger partial charge is 0.343 e. The van der Waals surface area contributed by atoms with Crippen LogP contribution in [0.3, 0.4) is 0 Å². The number of ether oxygens (including phenoxy) is 2. The van der Waals surface area contributed by atoms with Crippen LogP contribution in [0.4, 0.5) is 5.82 Å². The molecule has 0 atom stereocenters. The number of nitrogens with zero attached hydrogens (tertiary/aromatic N) is 2. The van der Waals surface area contributed by atoms with E-state index in [-0.39, 0.29) is 11.4 Å². The van der Waals surface area contributed by atoms with Crippen LogP contribution in [0.5, 0.6) is 0 Å². The summed E-state index contributed by atoms with van der Waals surface area (Å²) in [6.07, 6.45) is 5.14. The van der Waals surface area contributed by atoms with E-state index < -0.39 is 11.6 Å². The summed E-state index contributed by atoms with van der Waals surface area (Å²) in [5.41, 5.74) is 6.26. The largest absolute Gasteiger partial charge is 0.465 e. The fourth-order valence-corrected chi connectivity index (χ4v) is 2.98. The van der Waals surface area contributed by atoms with Crippen molar-refractivity contribution >= 4 is 11.8 Å². The Morgan fingerprint density at radius 1 is 1.29 bits per heavy atom. The van der Waals surface area contributed by atoms with Gasteiger partial charge >= 0.3 is 5.97 Å². The Hall–Kier alpha value is -1.69. The van der Waals surface area contributed by atoms with E-state index >= 15 is 0 Å². The summed E-state index contributed by atoms with van der Waals surface area (Å²) in [4.78, 5) is 20.6. The molecule has 6 nitrogen and oxygen atoms in total. The van der Waals surface area contributed by atoms with E-state index in [0.29, 0.717) is 18.1 Å². The lowest BCUT2D eigenvalue weighted by Gasteiger charge is -2.35. The lowest BCUT2D eigenvalue weighted by atomic mass is 9.83. The summed E-state index contributed by atoms with van der Waals surface area (Å²) < 4.78 is 10.7. The fourth-order valence-electron chi connectivity index (χ4n) is 2.98. The number of carbonyl (C=O) groups is 1. The Bertz CT molecular complexity index is 496. The van der Waals surface area contributed by atoms with Gasteiger partial charge < -0.3 is 15.2 Å². The van der Waals surface area contributed by atoms with E-state index in [4.69, 9.17) is 15.2 Å². The van der Waals surface area contributed by atoms with Gasteiger partial charge in [-0.05, 0) is 26.7 Å². The van der Waals surface area contributed by atoms with Crippen LogP contribution in [0, 0.1) is 6.92 Å². The summed E-state index contributed by atoms with van der Waals surface area (Å²) in [6, 6.07) is 0. The van der Waals surface area contributed by atoms with Gasteiger partial charge in [0.05, 0.1) is 12.8 Å². The minimum atomic E-state index is -0.509. The van der Waals surface area contributed by atoms with Crippen molar-refractivity contribution in [2.45, 2.75) is 51.6 Å². The third-order valence-corrected chi connectivity index (χ3v) is 4.00. The molecule has 1 aromatic heterocycles. The first-order valence-electron chi connectivity index (χ1n) is 7.41. The Balaban J connectivity index is 2.45. The van der Waals surface area contributed by atoms with Gasteiger partial charge in [-0.15, -0.1) is 0 Å². The molecule has 0 bridgehead atoms. The zero-order valence-electron chi connectivity index (χ0n) is 12.9. The minimum Gasteiger partial charge on any atom is -0.465 e. The highest BCUT2D eigenvalue weighted by molar-refractivity contribution is 5.95. The van der Waals surface area contributed by atoms with Crippen molar-refractivity contribution in [2.24, 2.45) is 0 Å². The maximum absolute atomic E-state index is 11.7. The second kappa shape index (κ2) is 6.39. The number of nitrogen functional groups attached to an aromatic ring is 1. The maximum Gasteiger partial charge on any atom is 0.343 e. The molecule has 0 radical (unpaired) electrons. The third-order valence-electron chi connectivity index (χ3n) is 4.00. The van der Waals surface area contributed by atoms with Crippen LogP contribution >= 0.6 is 0 Å². The number of carbonyl (C=O) groups excluding carboxylic acids is 1. The third kappa shape index (κ3) is 3.00. The molecule has 1 fully saturated rings. The van der Waals surface area contributed by atoms with E-state index in [0.717, 1.165) is 25.7 Å². The molecule has 21 heavy (non-hydrogen) atoms. The van der Waals surface area contributed by atoms with Crippen molar-refractivity contribution in [3.63, 3.8) is 0 Å². The highest BCUT2D eigenvalue weighted by Gasteiger charge is 2.38. The lowest BCUT2D eigenvalue weighted by Crippen LogP contribution is -2.35. The number of methoxy groups -OCH3 is 1. The molecule has 1 aliphatic carbocycles. The van der Waals surface area contributed by atoms with Gasteiger partial charge in [-0.3, -0.25) is 0 Å². The Morgan fingerprint density at radius 3 is 2.48 bits per heavy atom. The molecular weight excluding hydrogens is 270 g/mol. The van der Waals surface area contributed by atoms with Crippen molar-refractivity contribution in [1.82, 2.24) is 9.97 Å². The quantitative estimate of drug-likeness (QED) is 0.857. The van der Waals surface area contributed by atoms with Gasteiger partial charge in [0, 0.05) is 6.61 Å². The van der Waals surface area contributed by atoms with Crippen LogP contribution in [0.25, 0.3) is 0 Å². The first-order valence-corrected chi connectivity index (χ1v) is 7.41. The summed E-state index contributed by atoms with van der Waals surface area (Å²) >= 11 is 0. The Labute approximate surface area is 125 Å². The van der Waals surface area contributed by atoms with Gasteiger partial charge in [0.1, 0.15) is 17.0 Å². The van der Waals surface area contributed by atoms with Crippen molar-refractivity contribution in [2.75, 3.05) is 19.5 Å². The van der Waals surface area contributed by atoms with Crippen LogP contribution in [-0.2, 0) is 15.1 Å². The topological polar surface area (TPSA) is 87.3 Å². The van der Waals surface area contributed by atoms with Crippen molar-refractivity contribution in [3.05, 3.63) is 17.1 Å². The molecule has 2 N–H and O–H groups in total. The first-order chi connectivity index (χ1) is 10.0. The zero-order chi connectivity index (χ0) is 15.5. The standard InChI is InChI=1S/C15H23N3O3/c1-4-21-15(8-6-5-7-9-15)14-17-10(2)11(12(16)18-14)13(19)20-3/h4-9H2,1-3H3,(H2,16,17,18). The van der Waals surface area contributed by atoms with Crippen molar-refractivity contribution in [3.8, 4) is 0 Å². The van der Waals surface area contributed by atoms with E-state index in [9.17, 15) is 4.79 Å². The number of aromatic nitrogens is 2. The molecule has 1 heterocycles. The van der Waals surface area contributed by atoms with Crippen LogP contribution in [0.2, 0.25) is 0 Å². The summed E-state index contributed by atoms with van der Waals surface area (Å²) in [7, 11) is 1.32. The van der Waals surface area contributed by atoms with Gasteiger partial charge in [0.25, 0.3) is 0 Å². The molecule has 0 spiro atoms. The van der Waals surface area contributed by atoms with Crippen molar-refractivity contribution in [1.29, 1.82) is 0 Å². The predicted octanol–water partition coefficient (Wildman–Crippen LogP) is 2.35. The number of rotatable bonds is 4. The average molecular weight is 293 g/mol. The van der Waals surface area contributed by atoms with Crippen molar-refractivity contribution < 1.29 is 14.3 Å². The molecule has 1 saturated carbocycles. The average Bonchev–Trinajstić information content (AvgIpc) is 2.47. The molecular formula is C15H23N3O3. The molecule has 0 amide bonds. The van der Waals surface area contributed by atoms with Crippen LogP contribution in [-0.4, -0.2) is 29.7 Å². The summed E-state index contributed by atoms with van der Waals surface area (Å²) in [5.74, 6) is 0.242. The highest BCUT2D eigenvalue weighted by Crippen LogP contribution is 2.39. The molecule has 2 rings (SSSR count). The fraction of sp³-hybridized carbons (Fsp3) is 0.667. The van der Waals surface area contributed by atoms with E-state index in [1.165, 1.54) is 13.5 Å². The highest BCUT2D eigenvalue weighted by atomic mass is 16.5. The SMILES string of the molecule is CCOC1(c2nc(C)c(C(=O)OC)c(N)n2)CCCCC1. The Kier molecular flexibility index (Phi) is 4.77. The van der Waals surface area contributed by atoms with Gasteiger partial charge in [0.15, 0.2) is 5.82 Å². The Morgan fingerprint density at radius 2 is 1.95 bits per heavy atom. The van der Waals surface area contributed by atoms with E-state index in [1.54, 1.807) is 6.92 Å². The summed E-state index contributed by atoms with van der Waals surface area (Å²) in [5, 5.41) is 0. The normalized spacial score (nSPS) is 17.5. The molecule has 1 aromatic rings. The lowest BCUT2D eigenvalue weighted by molar-refractivity contribution is -0.0767. The number of esters is 1. The monoisotopic (exact) mass is 293 g/mol. The number of hydrogen-bond donors (Lipinski definition) is 1. The predicted molar refractivity (Wildman–Crippen MR) is 78.9 cm³/mol. The van der Waals surface area contributed by atoms with Crippen LogP contribution in [0.1, 0.15) is 60.9 Å². The first kappa shape index (κ1) is 15.7. The maximum atomic E-state index is 11.7. The van der Waals surface area contributed by atoms with Gasteiger partial charge in [0.2, 0.25) is 0 Å². The van der Waals surface area contributed by atoms with Gasteiger partial charge in [-0.1, -0.05) is 19.3 Å². The molecule has 6 heteroatoms. The van der Waals surface area contributed by atoms with E-state index in [1.807, 2.05) is 6.92 Å². The number of nitrogens with two attached hydrogens (primary N) is 1. The minimum absolute atomic E-state index is 0.161. The molecule has 116 valence electrons. The summed E-state index contributed by atoms with van der Waals surface area (Å²) in [6.45, 7) is 4.31. The zero-order valence-corrected chi connectivity index (χ0v) is 12.9. The molecule has 0 unspecified atom stereocenters. The second-order valence-electron chi connectivity index (χ2n) is 5.37. The molecule has 0 saturated heterocycles. The van der Waals surface area contributed by atoms with Crippen LogP contribution < -0.4 is 5.73 Å². The van der Waals surface area contributed by atoms with Gasteiger partial charge in [-0.25, -0.2) is 14.8 Å². The molecule has 0 aromatic carbocycles. The number of anilines is 1. The molecule has 0 aliphatic heterocycles. The number of hydrogen-bond acceptors (Lipinski definition) is 6. The van der Waals surface area contributed by atoms with Crippen LogP contribution in [0.15, 0.2) is 0 Å². The molecule has 1 aliphatic rings.